The van der Waals surface area contributed by atoms with Crippen molar-refractivity contribution in [3.8, 4) is 11.1 Å². The minimum atomic E-state index is -3.91. The van der Waals surface area contributed by atoms with Crippen LogP contribution in [0.25, 0.3) is 22.0 Å². The van der Waals surface area contributed by atoms with Gasteiger partial charge in [-0.3, -0.25) is 9.48 Å². The van der Waals surface area contributed by atoms with E-state index in [-0.39, 0.29) is 28.3 Å². The maximum atomic E-state index is 14.2. The fourth-order valence-electron chi connectivity index (χ4n) is 4.92. The summed E-state index contributed by atoms with van der Waals surface area (Å²) in [6, 6.07) is 12.5. The molecule has 2 aromatic carbocycles. The van der Waals surface area contributed by atoms with E-state index in [1.807, 2.05) is 15.8 Å². The summed E-state index contributed by atoms with van der Waals surface area (Å²) in [6.45, 7) is 1.45. The highest BCUT2D eigenvalue weighted by Crippen LogP contribution is 2.36. The predicted octanol–water partition coefficient (Wildman–Crippen LogP) is 4.45. The molecule has 4 aromatic rings. The van der Waals surface area contributed by atoms with Gasteiger partial charge < -0.3 is 4.90 Å². The Kier molecular flexibility index (Phi) is 5.25. The Morgan fingerprint density at radius 3 is 2.43 bits per heavy atom. The zero-order chi connectivity index (χ0) is 24.2. The van der Waals surface area contributed by atoms with E-state index >= 15 is 0 Å². The average molecular weight is 493 g/mol. The van der Waals surface area contributed by atoms with Crippen molar-refractivity contribution in [3.63, 3.8) is 0 Å². The zero-order valence-electron chi connectivity index (χ0n) is 19.0. The molecule has 7 nitrogen and oxygen atoms in total. The van der Waals surface area contributed by atoms with Crippen LogP contribution in [0.2, 0.25) is 0 Å². The SMILES string of the molecule is O=C(C1CC1)N1CCC(n2cc(-c3cn(S(=O)(=O)c4ccccc4)c4cc(F)ccc34)cn2)CC1. The second kappa shape index (κ2) is 8.34. The van der Waals surface area contributed by atoms with Crippen LogP contribution in [0.5, 0.6) is 0 Å². The molecule has 6 rings (SSSR count). The maximum Gasteiger partial charge on any atom is 0.268 e. The summed E-state index contributed by atoms with van der Waals surface area (Å²) in [5.41, 5.74) is 1.72. The molecule has 0 spiro atoms. The Bertz CT molecular complexity index is 1510. The van der Waals surface area contributed by atoms with Gasteiger partial charge in [0.15, 0.2) is 0 Å². The lowest BCUT2D eigenvalue weighted by Crippen LogP contribution is -2.39. The van der Waals surface area contributed by atoms with Crippen LogP contribution < -0.4 is 0 Å². The van der Waals surface area contributed by atoms with Gasteiger partial charge in [-0.15, -0.1) is 0 Å². The number of aromatic nitrogens is 3. The minimum absolute atomic E-state index is 0.135. The number of halogens is 1. The summed E-state index contributed by atoms with van der Waals surface area (Å²) in [4.78, 5) is 14.5. The molecule has 1 amide bonds. The molecular formula is C26H25FN4O3S. The lowest BCUT2D eigenvalue weighted by Gasteiger charge is -2.32. The van der Waals surface area contributed by atoms with E-state index < -0.39 is 15.8 Å². The Morgan fingerprint density at radius 2 is 1.71 bits per heavy atom. The summed E-state index contributed by atoms with van der Waals surface area (Å²) in [5, 5.41) is 5.20. The van der Waals surface area contributed by atoms with Gasteiger partial charge in [0.05, 0.1) is 22.7 Å². The van der Waals surface area contributed by atoms with Crippen molar-refractivity contribution in [2.45, 2.75) is 36.6 Å². The average Bonchev–Trinajstić information content (AvgIpc) is 3.49. The molecule has 2 aromatic heterocycles. The summed E-state index contributed by atoms with van der Waals surface area (Å²) >= 11 is 0. The number of hydrogen-bond donors (Lipinski definition) is 0. The molecule has 0 bridgehead atoms. The second-order valence-corrected chi connectivity index (χ2v) is 11.2. The second-order valence-electron chi connectivity index (χ2n) is 9.36. The molecule has 1 saturated carbocycles. The lowest BCUT2D eigenvalue weighted by atomic mass is 10.0. The van der Waals surface area contributed by atoms with Gasteiger partial charge in [0.1, 0.15) is 5.82 Å². The molecule has 0 N–H and O–H groups in total. The Labute approximate surface area is 202 Å². The standard InChI is InChI=1S/C26H25FN4O3S/c27-20-8-9-23-24(17-31(25(23)14-20)35(33,34)22-4-2-1-3-5-22)19-15-28-30(16-19)21-10-12-29(13-11-21)26(32)18-6-7-18/h1-5,8-9,14-18,21H,6-7,10-13H2. The number of carbonyl (C=O) groups is 1. The summed E-state index contributed by atoms with van der Waals surface area (Å²) < 4.78 is 44.0. The van der Waals surface area contributed by atoms with Gasteiger partial charge in [-0.25, -0.2) is 16.8 Å². The molecule has 1 saturated heterocycles. The molecule has 1 aliphatic carbocycles. The van der Waals surface area contributed by atoms with Crippen molar-refractivity contribution in [2.24, 2.45) is 5.92 Å². The molecule has 2 aliphatic rings. The smallest absolute Gasteiger partial charge is 0.268 e. The van der Waals surface area contributed by atoms with E-state index in [9.17, 15) is 17.6 Å². The van der Waals surface area contributed by atoms with E-state index in [4.69, 9.17) is 0 Å². The van der Waals surface area contributed by atoms with Crippen LogP contribution in [0.4, 0.5) is 4.39 Å². The quantitative estimate of drug-likeness (QED) is 0.412. The van der Waals surface area contributed by atoms with Crippen LogP contribution in [0.15, 0.2) is 72.0 Å². The van der Waals surface area contributed by atoms with Crippen LogP contribution in [0.3, 0.4) is 0 Å². The number of fused-ring (bicyclic) bond motifs is 1. The van der Waals surface area contributed by atoms with E-state index in [0.29, 0.717) is 10.9 Å². The number of amides is 1. The maximum absolute atomic E-state index is 14.2. The largest absolute Gasteiger partial charge is 0.342 e. The topological polar surface area (TPSA) is 77.2 Å². The first-order valence-corrected chi connectivity index (χ1v) is 13.3. The van der Waals surface area contributed by atoms with E-state index in [2.05, 4.69) is 5.10 Å². The van der Waals surface area contributed by atoms with Crippen LogP contribution in [0.1, 0.15) is 31.7 Å². The minimum Gasteiger partial charge on any atom is -0.342 e. The van der Waals surface area contributed by atoms with Crippen molar-refractivity contribution in [1.82, 2.24) is 18.7 Å². The number of nitrogens with zero attached hydrogens (tertiary/aromatic N) is 4. The fourth-order valence-corrected chi connectivity index (χ4v) is 6.30. The molecule has 2 fully saturated rings. The van der Waals surface area contributed by atoms with Crippen LogP contribution >= 0.6 is 0 Å². The van der Waals surface area contributed by atoms with Crippen molar-refractivity contribution in [2.75, 3.05) is 13.1 Å². The summed E-state index contributed by atoms with van der Waals surface area (Å²) in [6.07, 6.45) is 8.87. The first-order valence-electron chi connectivity index (χ1n) is 11.9. The molecule has 0 unspecified atom stereocenters. The zero-order valence-corrected chi connectivity index (χ0v) is 19.9. The molecule has 35 heavy (non-hydrogen) atoms. The molecule has 0 radical (unpaired) electrons. The third-order valence-electron chi connectivity index (χ3n) is 7.02. The van der Waals surface area contributed by atoms with Crippen LogP contribution in [-0.2, 0) is 14.8 Å². The summed E-state index contributed by atoms with van der Waals surface area (Å²) in [5.74, 6) is 0.0105. The fraction of sp³-hybridized carbons (Fsp3) is 0.308. The van der Waals surface area contributed by atoms with Crippen molar-refractivity contribution in [1.29, 1.82) is 0 Å². The van der Waals surface area contributed by atoms with Crippen molar-refractivity contribution >= 4 is 26.8 Å². The molecule has 180 valence electrons. The van der Waals surface area contributed by atoms with Gasteiger partial charge >= 0.3 is 0 Å². The highest BCUT2D eigenvalue weighted by atomic mass is 32.2. The molecule has 3 heterocycles. The molecule has 0 atom stereocenters. The normalized spacial score (nSPS) is 17.2. The van der Waals surface area contributed by atoms with Gasteiger partial charge in [-0.05, 0) is 56.0 Å². The van der Waals surface area contributed by atoms with Gasteiger partial charge in [-0.1, -0.05) is 18.2 Å². The first-order chi connectivity index (χ1) is 16.9. The Hall–Kier alpha value is -3.46. The third kappa shape index (κ3) is 3.93. The van der Waals surface area contributed by atoms with Gasteiger partial charge in [0, 0.05) is 47.9 Å². The Morgan fingerprint density at radius 1 is 0.971 bits per heavy atom. The third-order valence-corrected chi connectivity index (χ3v) is 8.71. The van der Waals surface area contributed by atoms with Gasteiger partial charge in [0.25, 0.3) is 10.0 Å². The van der Waals surface area contributed by atoms with Gasteiger partial charge in [0.2, 0.25) is 5.91 Å². The number of rotatable bonds is 5. The van der Waals surface area contributed by atoms with Crippen molar-refractivity contribution < 1.29 is 17.6 Å². The number of benzene rings is 2. The van der Waals surface area contributed by atoms with Crippen LogP contribution in [-0.4, -0.2) is 46.1 Å². The van der Waals surface area contributed by atoms with Gasteiger partial charge in [-0.2, -0.15) is 5.10 Å². The van der Waals surface area contributed by atoms with E-state index in [1.165, 1.54) is 24.3 Å². The number of likely N-dealkylation sites (tertiary alicyclic amines) is 1. The van der Waals surface area contributed by atoms with Crippen LogP contribution in [0, 0.1) is 11.7 Å². The van der Waals surface area contributed by atoms with Crippen molar-refractivity contribution in [3.05, 3.63) is 72.9 Å². The first kappa shape index (κ1) is 22.0. The molecule has 1 aliphatic heterocycles. The Balaban J connectivity index is 1.33. The monoisotopic (exact) mass is 492 g/mol. The number of hydrogen-bond acceptors (Lipinski definition) is 4. The number of piperidine rings is 1. The molecular weight excluding hydrogens is 467 g/mol. The highest BCUT2D eigenvalue weighted by molar-refractivity contribution is 7.90. The van der Waals surface area contributed by atoms with E-state index in [1.54, 1.807) is 36.7 Å². The highest BCUT2D eigenvalue weighted by Gasteiger charge is 2.35. The molecule has 9 heteroatoms. The summed E-state index contributed by atoms with van der Waals surface area (Å²) in [7, 11) is -3.91. The lowest BCUT2D eigenvalue weighted by molar-refractivity contribution is -0.133. The van der Waals surface area contributed by atoms with E-state index in [0.717, 1.165) is 48.3 Å². The number of carbonyl (C=O) groups excluding carboxylic acids is 1. The predicted molar refractivity (Wildman–Crippen MR) is 130 cm³/mol.